The molecular weight excluding hydrogens is 310 g/mol. The van der Waals surface area contributed by atoms with Crippen LogP contribution in [0, 0.1) is 0 Å². The first-order valence-electron chi connectivity index (χ1n) is 7.74. The topological polar surface area (TPSA) is 72.7 Å². The van der Waals surface area contributed by atoms with Gasteiger partial charge < -0.3 is 19.1 Å². The van der Waals surface area contributed by atoms with E-state index in [2.05, 4.69) is 9.98 Å². The molecule has 0 spiro atoms. The Morgan fingerprint density at radius 1 is 1.33 bits per heavy atom. The highest BCUT2D eigenvalue weighted by Crippen LogP contribution is 2.33. The number of aliphatic imine (C=N–C) groups is 2. The monoisotopic (exact) mass is 329 g/mol. The van der Waals surface area contributed by atoms with Crippen LogP contribution in [0.2, 0.25) is 0 Å². The number of fused-ring (bicyclic) bond motifs is 1. The van der Waals surface area contributed by atoms with Crippen LogP contribution in [0.3, 0.4) is 0 Å². The number of methoxy groups -OCH3 is 1. The molecule has 2 unspecified atom stereocenters. The fraction of sp³-hybridized carbons (Fsp3) is 0.353. The van der Waals surface area contributed by atoms with Crippen molar-refractivity contribution in [2.45, 2.75) is 25.6 Å². The zero-order valence-electron chi connectivity index (χ0n) is 13.6. The van der Waals surface area contributed by atoms with Crippen molar-refractivity contribution in [2.24, 2.45) is 9.98 Å². The molecule has 2 atom stereocenters. The molecular formula is C17H19N3O4. The third kappa shape index (κ3) is 3.40. The van der Waals surface area contributed by atoms with Gasteiger partial charge in [-0.15, -0.1) is 0 Å². The smallest absolute Gasteiger partial charge is 0.497 e. The number of carbonyl (C=O) groups is 1. The van der Waals surface area contributed by atoms with Crippen molar-refractivity contribution in [1.29, 1.82) is 0 Å². The van der Waals surface area contributed by atoms with Gasteiger partial charge in [-0.1, -0.05) is 12.1 Å². The van der Waals surface area contributed by atoms with Crippen LogP contribution < -0.4 is 4.74 Å². The quantitative estimate of drug-likeness (QED) is 0.794. The van der Waals surface area contributed by atoms with Crippen molar-refractivity contribution in [1.82, 2.24) is 4.90 Å². The summed E-state index contributed by atoms with van der Waals surface area (Å²) in [7, 11) is 1.63. The van der Waals surface area contributed by atoms with E-state index in [9.17, 15) is 4.79 Å². The molecule has 3 rings (SSSR count). The van der Waals surface area contributed by atoms with Gasteiger partial charge in [-0.3, -0.25) is 4.99 Å². The van der Waals surface area contributed by atoms with Gasteiger partial charge in [0, 0.05) is 18.8 Å². The molecule has 0 fully saturated rings. The number of hydrogen-bond acceptors (Lipinski definition) is 7. The van der Waals surface area contributed by atoms with Gasteiger partial charge in [-0.2, -0.15) is 0 Å². The highest BCUT2D eigenvalue weighted by Gasteiger charge is 2.32. The Balaban J connectivity index is 1.84. The maximum atomic E-state index is 11.6. The van der Waals surface area contributed by atoms with E-state index >= 15 is 0 Å². The predicted octanol–water partition coefficient (Wildman–Crippen LogP) is 2.90. The minimum Gasteiger partial charge on any atom is -0.497 e. The van der Waals surface area contributed by atoms with E-state index in [1.54, 1.807) is 26.4 Å². The van der Waals surface area contributed by atoms with Crippen LogP contribution in [0.4, 0.5) is 4.79 Å². The summed E-state index contributed by atoms with van der Waals surface area (Å²) in [6.07, 6.45) is 4.43. The molecule has 7 nitrogen and oxygen atoms in total. The van der Waals surface area contributed by atoms with E-state index < -0.39 is 12.4 Å². The lowest BCUT2D eigenvalue weighted by molar-refractivity contribution is 0.0169. The summed E-state index contributed by atoms with van der Waals surface area (Å²) in [5, 5.41) is 0. The maximum Gasteiger partial charge on any atom is 0.510 e. The van der Waals surface area contributed by atoms with E-state index in [4.69, 9.17) is 14.2 Å². The molecule has 126 valence electrons. The fourth-order valence-electron chi connectivity index (χ4n) is 2.69. The fourth-order valence-corrected chi connectivity index (χ4v) is 2.69. The molecule has 0 aromatic heterocycles. The first-order chi connectivity index (χ1) is 11.7. The van der Waals surface area contributed by atoms with Gasteiger partial charge in [-0.05, 0) is 24.6 Å². The Hall–Kier alpha value is -2.83. The molecule has 2 heterocycles. The molecule has 0 radical (unpaired) electrons. The van der Waals surface area contributed by atoms with E-state index in [-0.39, 0.29) is 12.6 Å². The van der Waals surface area contributed by atoms with Crippen LogP contribution in [0.25, 0.3) is 0 Å². The van der Waals surface area contributed by atoms with E-state index in [0.29, 0.717) is 12.3 Å². The van der Waals surface area contributed by atoms with Gasteiger partial charge >= 0.3 is 6.16 Å². The molecule has 0 bridgehead atoms. The molecule has 1 aromatic carbocycles. The molecule has 0 aliphatic carbocycles. The molecule has 2 aliphatic heterocycles. The minimum absolute atomic E-state index is 0.0224. The highest BCUT2D eigenvalue weighted by molar-refractivity contribution is 6.30. The van der Waals surface area contributed by atoms with Gasteiger partial charge in [0.25, 0.3) is 0 Å². The number of hydrogen-bond donors (Lipinski definition) is 0. The lowest BCUT2D eigenvalue weighted by atomic mass is 9.99. The van der Waals surface area contributed by atoms with Crippen molar-refractivity contribution in [2.75, 3.05) is 13.7 Å². The normalized spacial score (nSPS) is 21.8. The largest absolute Gasteiger partial charge is 0.510 e. The van der Waals surface area contributed by atoms with Crippen LogP contribution in [-0.4, -0.2) is 43.1 Å². The van der Waals surface area contributed by atoms with Crippen molar-refractivity contribution in [3.05, 3.63) is 42.2 Å². The summed E-state index contributed by atoms with van der Waals surface area (Å²) in [5.74, 6) is 1.44. The molecule has 24 heavy (non-hydrogen) atoms. The summed E-state index contributed by atoms with van der Waals surface area (Å²) in [6, 6.07) is 7.78. The van der Waals surface area contributed by atoms with Gasteiger partial charge in [0.1, 0.15) is 5.75 Å². The van der Waals surface area contributed by atoms with Crippen molar-refractivity contribution in [3.63, 3.8) is 0 Å². The number of rotatable bonds is 4. The Morgan fingerprint density at radius 2 is 2.12 bits per heavy atom. The lowest BCUT2D eigenvalue weighted by Crippen LogP contribution is -2.40. The Bertz CT molecular complexity index is 682. The number of amidine groups is 1. The molecule has 2 aliphatic rings. The van der Waals surface area contributed by atoms with Crippen LogP contribution in [0.5, 0.6) is 5.75 Å². The Labute approximate surface area is 140 Å². The third-order valence-electron chi connectivity index (χ3n) is 3.80. The van der Waals surface area contributed by atoms with Gasteiger partial charge in [0.2, 0.25) is 6.23 Å². The standard InChI is InChI=1S/C17H19N3O4/c1-3-23-17(21)24-16-10-14(12-4-6-13(22-2)7-5-12)20-9-8-18-11-15(20)19-16/h4-9,11,14,16H,3,10H2,1-2H3. The number of carbonyl (C=O) groups excluding carboxylic acids is 1. The Morgan fingerprint density at radius 3 is 2.83 bits per heavy atom. The predicted molar refractivity (Wildman–Crippen MR) is 89.2 cm³/mol. The number of nitrogens with zero attached hydrogens (tertiary/aromatic N) is 3. The number of benzene rings is 1. The van der Waals surface area contributed by atoms with Gasteiger partial charge in [0.15, 0.2) is 5.84 Å². The van der Waals surface area contributed by atoms with E-state index in [0.717, 1.165) is 11.3 Å². The first kappa shape index (κ1) is 16.0. The Kier molecular flexibility index (Phi) is 4.79. The van der Waals surface area contributed by atoms with Crippen LogP contribution in [-0.2, 0) is 9.47 Å². The second kappa shape index (κ2) is 7.16. The lowest BCUT2D eigenvalue weighted by Gasteiger charge is -2.37. The molecule has 1 aromatic rings. The minimum atomic E-state index is -0.711. The highest BCUT2D eigenvalue weighted by atomic mass is 16.7. The molecule has 0 saturated heterocycles. The molecule has 7 heteroatoms. The number of ether oxygens (including phenoxy) is 3. The summed E-state index contributed by atoms with van der Waals surface area (Å²) in [4.78, 5) is 22.1. The van der Waals surface area contributed by atoms with Crippen LogP contribution >= 0.6 is 0 Å². The first-order valence-corrected chi connectivity index (χ1v) is 7.74. The van der Waals surface area contributed by atoms with Crippen molar-refractivity contribution >= 4 is 18.2 Å². The zero-order valence-corrected chi connectivity index (χ0v) is 13.6. The van der Waals surface area contributed by atoms with Gasteiger partial charge in [0.05, 0.1) is 26.0 Å². The van der Waals surface area contributed by atoms with Crippen LogP contribution in [0.15, 0.2) is 46.7 Å². The van der Waals surface area contributed by atoms with E-state index in [1.807, 2.05) is 35.4 Å². The summed E-state index contributed by atoms with van der Waals surface area (Å²) in [5.41, 5.74) is 1.07. The average molecular weight is 329 g/mol. The van der Waals surface area contributed by atoms with Crippen LogP contribution in [0.1, 0.15) is 24.9 Å². The third-order valence-corrected chi connectivity index (χ3v) is 3.80. The average Bonchev–Trinajstić information content (AvgIpc) is 2.61. The summed E-state index contributed by atoms with van der Waals surface area (Å²) >= 11 is 0. The molecule has 0 amide bonds. The zero-order chi connectivity index (χ0) is 16.9. The second-order valence-electron chi connectivity index (χ2n) is 5.25. The van der Waals surface area contributed by atoms with Gasteiger partial charge in [-0.25, -0.2) is 9.79 Å². The van der Waals surface area contributed by atoms with Crippen molar-refractivity contribution in [3.8, 4) is 5.75 Å². The van der Waals surface area contributed by atoms with E-state index in [1.165, 1.54) is 0 Å². The second-order valence-corrected chi connectivity index (χ2v) is 5.25. The summed E-state index contributed by atoms with van der Waals surface area (Å²) < 4.78 is 15.3. The summed E-state index contributed by atoms with van der Waals surface area (Å²) in [6.45, 7) is 1.99. The molecule has 0 saturated carbocycles. The van der Waals surface area contributed by atoms with Crippen molar-refractivity contribution < 1.29 is 19.0 Å². The maximum absolute atomic E-state index is 11.6. The SMILES string of the molecule is CCOC(=O)OC1CC(c2ccc(OC)cc2)N2C=CN=CC2=N1. The molecule has 0 N–H and O–H groups in total.